The minimum absolute atomic E-state index is 0.374. The number of rotatable bonds is 4. The number of ether oxygens (including phenoxy) is 1. The van der Waals surface area contributed by atoms with E-state index in [0.29, 0.717) is 28.4 Å². The molecule has 2 nitrogen and oxygen atoms in total. The average Bonchev–Trinajstić information content (AvgIpc) is 2.32. The number of halogens is 3. The fraction of sp³-hybridized carbons (Fsp3) is 0.154. The third-order valence-electron chi connectivity index (χ3n) is 2.31. The molecule has 0 atom stereocenters. The number of benzene rings is 1. The molecular weight excluding hydrogens is 293 g/mol. The first kappa shape index (κ1) is 13.6. The van der Waals surface area contributed by atoms with E-state index in [0.717, 1.165) is 11.1 Å². The summed E-state index contributed by atoms with van der Waals surface area (Å²) >= 11 is 17.6. The Balaban J connectivity index is 1.92. The lowest BCUT2D eigenvalue weighted by molar-refractivity contribution is 0.107. The van der Waals surface area contributed by atoms with Crippen LogP contribution < -0.4 is 0 Å². The summed E-state index contributed by atoms with van der Waals surface area (Å²) in [5.74, 6) is 0. The van der Waals surface area contributed by atoms with Gasteiger partial charge in [0.15, 0.2) is 0 Å². The molecule has 94 valence electrons. The SMILES string of the molecule is Clc1cccc(COCc2cnc(Cl)cc2Cl)c1. The number of nitrogens with zero attached hydrogens (tertiary/aromatic N) is 1. The largest absolute Gasteiger partial charge is 0.372 e. The van der Waals surface area contributed by atoms with E-state index in [1.165, 1.54) is 0 Å². The average molecular weight is 303 g/mol. The van der Waals surface area contributed by atoms with Crippen LogP contribution in [0.4, 0.5) is 0 Å². The molecule has 0 N–H and O–H groups in total. The van der Waals surface area contributed by atoms with E-state index in [1.807, 2.05) is 24.3 Å². The Morgan fingerprint density at radius 1 is 1.06 bits per heavy atom. The van der Waals surface area contributed by atoms with E-state index < -0.39 is 0 Å². The van der Waals surface area contributed by atoms with Crippen molar-refractivity contribution in [2.24, 2.45) is 0 Å². The molecule has 2 rings (SSSR count). The lowest BCUT2D eigenvalue weighted by atomic mass is 10.2. The first-order valence-electron chi connectivity index (χ1n) is 5.27. The van der Waals surface area contributed by atoms with Gasteiger partial charge < -0.3 is 4.74 Å². The van der Waals surface area contributed by atoms with Gasteiger partial charge in [-0.2, -0.15) is 0 Å². The first-order chi connectivity index (χ1) is 8.65. The van der Waals surface area contributed by atoms with Gasteiger partial charge in [-0.3, -0.25) is 0 Å². The van der Waals surface area contributed by atoms with Gasteiger partial charge in [0.25, 0.3) is 0 Å². The maximum Gasteiger partial charge on any atom is 0.130 e. The molecule has 0 aliphatic carbocycles. The van der Waals surface area contributed by atoms with Crippen molar-refractivity contribution in [3.05, 3.63) is 62.9 Å². The molecule has 0 fully saturated rings. The van der Waals surface area contributed by atoms with Crippen molar-refractivity contribution in [3.63, 3.8) is 0 Å². The van der Waals surface area contributed by atoms with Crippen molar-refractivity contribution in [3.8, 4) is 0 Å². The molecule has 1 aromatic heterocycles. The fourth-order valence-corrected chi connectivity index (χ4v) is 2.08. The minimum atomic E-state index is 0.374. The van der Waals surface area contributed by atoms with Crippen LogP contribution in [0.25, 0.3) is 0 Å². The highest BCUT2D eigenvalue weighted by Crippen LogP contribution is 2.20. The Bertz CT molecular complexity index is 546. The second-order valence-corrected chi connectivity index (χ2v) is 4.95. The van der Waals surface area contributed by atoms with Gasteiger partial charge in [-0.15, -0.1) is 0 Å². The quantitative estimate of drug-likeness (QED) is 0.760. The molecule has 0 unspecified atom stereocenters. The third kappa shape index (κ3) is 3.85. The van der Waals surface area contributed by atoms with Crippen molar-refractivity contribution in [2.75, 3.05) is 0 Å². The molecule has 1 heterocycles. The lowest BCUT2D eigenvalue weighted by Gasteiger charge is -2.06. The molecule has 0 radical (unpaired) electrons. The molecular formula is C13H10Cl3NO. The molecule has 0 amide bonds. The second kappa shape index (κ2) is 6.39. The zero-order valence-corrected chi connectivity index (χ0v) is 11.6. The summed E-state index contributed by atoms with van der Waals surface area (Å²) in [4.78, 5) is 3.96. The predicted molar refractivity (Wildman–Crippen MR) is 74.2 cm³/mol. The minimum Gasteiger partial charge on any atom is -0.372 e. The molecule has 0 spiro atoms. The van der Waals surface area contributed by atoms with Crippen LogP contribution in [0.15, 0.2) is 36.5 Å². The van der Waals surface area contributed by atoms with Crippen LogP contribution in [-0.2, 0) is 18.0 Å². The van der Waals surface area contributed by atoms with E-state index in [9.17, 15) is 0 Å². The Morgan fingerprint density at radius 2 is 1.89 bits per heavy atom. The lowest BCUT2D eigenvalue weighted by Crippen LogP contribution is -1.96. The molecule has 0 saturated carbocycles. The van der Waals surface area contributed by atoms with Gasteiger partial charge in [0.2, 0.25) is 0 Å². The highest BCUT2D eigenvalue weighted by molar-refractivity contribution is 6.34. The molecule has 0 aliphatic heterocycles. The van der Waals surface area contributed by atoms with Crippen LogP contribution in [-0.4, -0.2) is 4.98 Å². The topological polar surface area (TPSA) is 22.1 Å². The summed E-state index contributed by atoms with van der Waals surface area (Å²) in [6.45, 7) is 0.856. The highest BCUT2D eigenvalue weighted by Gasteiger charge is 2.03. The van der Waals surface area contributed by atoms with E-state index in [1.54, 1.807) is 12.3 Å². The first-order valence-corrected chi connectivity index (χ1v) is 6.40. The van der Waals surface area contributed by atoms with E-state index in [2.05, 4.69) is 4.98 Å². The Hall–Kier alpha value is -0.800. The Morgan fingerprint density at radius 3 is 2.61 bits per heavy atom. The number of hydrogen-bond donors (Lipinski definition) is 0. The fourth-order valence-electron chi connectivity index (χ4n) is 1.45. The molecule has 0 bridgehead atoms. The van der Waals surface area contributed by atoms with Crippen molar-refractivity contribution in [2.45, 2.75) is 13.2 Å². The summed E-state index contributed by atoms with van der Waals surface area (Å²) in [6, 6.07) is 9.13. The zero-order valence-electron chi connectivity index (χ0n) is 9.37. The standard InChI is InChI=1S/C13H10Cl3NO/c14-11-3-1-2-9(4-11)7-18-8-10-6-17-13(16)5-12(10)15/h1-6H,7-8H2. The van der Waals surface area contributed by atoms with Crippen molar-refractivity contribution in [1.82, 2.24) is 4.98 Å². The third-order valence-corrected chi connectivity index (χ3v) is 3.11. The zero-order chi connectivity index (χ0) is 13.0. The molecule has 0 aliphatic rings. The monoisotopic (exact) mass is 301 g/mol. The summed E-state index contributed by atoms with van der Waals surface area (Å²) in [6.07, 6.45) is 1.61. The Kier molecular flexibility index (Phi) is 4.84. The number of aromatic nitrogens is 1. The van der Waals surface area contributed by atoms with Crippen LogP contribution in [0.2, 0.25) is 15.2 Å². The van der Waals surface area contributed by atoms with Gasteiger partial charge in [-0.05, 0) is 23.8 Å². The number of pyridine rings is 1. The van der Waals surface area contributed by atoms with Crippen molar-refractivity contribution in [1.29, 1.82) is 0 Å². The van der Waals surface area contributed by atoms with Crippen LogP contribution in [0.5, 0.6) is 0 Å². The van der Waals surface area contributed by atoms with E-state index in [-0.39, 0.29) is 0 Å². The second-order valence-electron chi connectivity index (χ2n) is 3.72. The van der Waals surface area contributed by atoms with Crippen molar-refractivity contribution >= 4 is 34.8 Å². The normalized spacial score (nSPS) is 10.6. The molecule has 2 aromatic rings. The summed E-state index contributed by atoms with van der Waals surface area (Å²) in [5, 5.41) is 1.63. The van der Waals surface area contributed by atoms with Crippen LogP contribution >= 0.6 is 34.8 Å². The maximum absolute atomic E-state index is 6.01. The van der Waals surface area contributed by atoms with Gasteiger partial charge >= 0.3 is 0 Å². The highest BCUT2D eigenvalue weighted by atomic mass is 35.5. The summed E-state index contributed by atoms with van der Waals surface area (Å²) in [7, 11) is 0. The Labute approximate surface area is 120 Å². The van der Waals surface area contributed by atoms with E-state index >= 15 is 0 Å². The molecule has 0 saturated heterocycles. The van der Waals surface area contributed by atoms with Gasteiger partial charge in [-0.25, -0.2) is 4.98 Å². The van der Waals surface area contributed by atoms with Crippen LogP contribution in [0.1, 0.15) is 11.1 Å². The smallest absolute Gasteiger partial charge is 0.130 e. The van der Waals surface area contributed by atoms with Crippen LogP contribution in [0, 0.1) is 0 Å². The molecule has 18 heavy (non-hydrogen) atoms. The summed E-state index contributed by atoms with van der Waals surface area (Å²) < 4.78 is 5.56. The van der Waals surface area contributed by atoms with Gasteiger partial charge in [0.05, 0.1) is 18.2 Å². The predicted octanol–water partition coefficient (Wildman–Crippen LogP) is 4.76. The van der Waals surface area contributed by atoms with E-state index in [4.69, 9.17) is 39.5 Å². The van der Waals surface area contributed by atoms with Gasteiger partial charge in [-0.1, -0.05) is 46.9 Å². The van der Waals surface area contributed by atoms with Gasteiger partial charge in [0, 0.05) is 16.8 Å². The molecule has 1 aromatic carbocycles. The number of hydrogen-bond acceptors (Lipinski definition) is 2. The van der Waals surface area contributed by atoms with Gasteiger partial charge in [0.1, 0.15) is 5.15 Å². The summed E-state index contributed by atoms with van der Waals surface area (Å²) in [5.41, 5.74) is 1.82. The van der Waals surface area contributed by atoms with Crippen LogP contribution in [0.3, 0.4) is 0 Å². The maximum atomic E-state index is 6.01. The van der Waals surface area contributed by atoms with Crippen molar-refractivity contribution < 1.29 is 4.74 Å². The molecule has 5 heteroatoms.